The van der Waals surface area contributed by atoms with Gasteiger partial charge in [-0.3, -0.25) is 9.69 Å². The van der Waals surface area contributed by atoms with Gasteiger partial charge in [-0.25, -0.2) is 0 Å². The molecule has 0 amide bonds. The van der Waals surface area contributed by atoms with Crippen LogP contribution in [-0.4, -0.2) is 54.3 Å². The average Bonchev–Trinajstić information content (AvgIpc) is 2.65. The summed E-state index contributed by atoms with van der Waals surface area (Å²) in [5.41, 5.74) is 0. The summed E-state index contributed by atoms with van der Waals surface area (Å²) in [6.07, 6.45) is 3.03. The largest absolute Gasteiger partial charge is 0.301 e. The number of piperazine rings is 1. The van der Waals surface area contributed by atoms with E-state index in [1.807, 2.05) is 0 Å². The van der Waals surface area contributed by atoms with E-state index < -0.39 is 0 Å². The van der Waals surface area contributed by atoms with Gasteiger partial charge < -0.3 is 4.90 Å². The summed E-state index contributed by atoms with van der Waals surface area (Å²) < 4.78 is 0. The molecule has 1 aliphatic carbocycles. The second kappa shape index (κ2) is 4.41. The number of carbonyl (C=O) groups excluding carboxylic acids is 1. The summed E-state index contributed by atoms with van der Waals surface area (Å²) in [6.45, 7) is 7.80. The zero-order chi connectivity index (χ0) is 9.97. The average molecular weight is 196 g/mol. The molecule has 80 valence electrons. The molecule has 0 bridgehead atoms. The van der Waals surface area contributed by atoms with Gasteiger partial charge in [0, 0.05) is 32.6 Å². The molecule has 0 N–H and O–H groups in total. The molecule has 2 rings (SSSR count). The van der Waals surface area contributed by atoms with E-state index in [-0.39, 0.29) is 6.04 Å². The van der Waals surface area contributed by atoms with Crippen molar-refractivity contribution >= 4 is 5.78 Å². The van der Waals surface area contributed by atoms with E-state index in [1.54, 1.807) is 0 Å². The number of likely N-dealkylation sites (N-methyl/N-ethyl adjacent to an activating group) is 1. The molecule has 1 aliphatic heterocycles. The molecule has 0 aromatic heterocycles. The van der Waals surface area contributed by atoms with E-state index in [1.165, 1.54) is 0 Å². The lowest BCUT2D eigenvalue weighted by Gasteiger charge is -2.36. The molecule has 0 radical (unpaired) electrons. The first-order chi connectivity index (χ1) is 6.81. The highest BCUT2D eigenvalue weighted by Crippen LogP contribution is 2.21. The number of hydrogen-bond donors (Lipinski definition) is 0. The fourth-order valence-electron chi connectivity index (χ4n) is 2.57. The minimum absolute atomic E-state index is 0.272. The normalized spacial score (nSPS) is 31.2. The van der Waals surface area contributed by atoms with E-state index in [0.717, 1.165) is 52.0 Å². The Kier molecular flexibility index (Phi) is 3.19. The van der Waals surface area contributed by atoms with E-state index in [2.05, 4.69) is 16.7 Å². The predicted molar refractivity (Wildman–Crippen MR) is 56.3 cm³/mol. The summed E-state index contributed by atoms with van der Waals surface area (Å²) in [7, 11) is 0. The van der Waals surface area contributed by atoms with Crippen LogP contribution in [0.5, 0.6) is 0 Å². The Balaban J connectivity index is 1.85. The minimum Gasteiger partial charge on any atom is -0.301 e. The quantitative estimate of drug-likeness (QED) is 0.651. The van der Waals surface area contributed by atoms with Gasteiger partial charge in [-0.2, -0.15) is 0 Å². The lowest BCUT2D eigenvalue weighted by atomic mass is 10.1. The Labute approximate surface area is 86.1 Å². The first-order valence-corrected chi connectivity index (χ1v) is 5.80. The zero-order valence-corrected chi connectivity index (χ0v) is 9.04. The van der Waals surface area contributed by atoms with Crippen molar-refractivity contribution in [2.75, 3.05) is 32.7 Å². The molecule has 3 heteroatoms. The van der Waals surface area contributed by atoms with Crippen molar-refractivity contribution in [3.05, 3.63) is 0 Å². The minimum atomic E-state index is 0.272. The second-order valence-electron chi connectivity index (χ2n) is 4.34. The lowest BCUT2D eigenvalue weighted by Crippen LogP contribution is -2.51. The highest BCUT2D eigenvalue weighted by atomic mass is 16.1. The van der Waals surface area contributed by atoms with Gasteiger partial charge in [-0.15, -0.1) is 0 Å². The maximum Gasteiger partial charge on any atom is 0.149 e. The maximum absolute atomic E-state index is 11.6. The first-order valence-electron chi connectivity index (χ1n) is 5.80. The molecule has 1 saturated heterocycles. The van der Waals surface area contributed by atoms with Gasteiger partial charge in [0.25, 0.3) is 0 Å². The van der Waals surface area contributed by atoms with Crippen molar-refractivity contribution in [1.82, 2.24) is 9.80 Å². The van der Waals surface area contributed by atoms with Crippen LogP contribution in [0.15, 0.2) is 0 Å². The monoisotopic (exact) mass is 196 g/mol. The van der Waals surface area contributed by atoms with Crippen molar-refractivity contribution in [3.63, 3.8) is 0 Å². The molecule has 0 aromatic carbocycles. The molecule has 1 saturated carbocycles. The van der Waals surface area contributed by atoms with Crippen LogP contribution < -0.4 is 0 Å². The Morgan fingerprint density at radius 1 is 1.29 bits per heavy atom. The molecule has 1 unspecified atom stereocenters. The maximum atomic E-state index is 11.6. The van der Waals surface area contributed by atoms with Crippen LogP contribution in [0.1, 0.15) is 26.2 Å². The summed E-state index contributed by atoms with van der Waals surface area (Å²) in [6, 6.07) is 0.272. The molecule has 0 spiro atoms. The third kappa shape index (κ3) is 1.98. The third-order valence-electron chi connectivity index (χ3n) is 3.57. The van der Waals surface area contributed by atoms with Crippen molar-refractivity contribution in [2.24, 2.45) is 0 Å². The van der Waals surface area contributed by atoms with Crippen LogP contribution in [0.3, 0.4) is 0 Å². The number of ketones is 1. The van der Waals surface area contributed by atoms with E-state index in [0.29, 0.717) is 5.78 Å². The summed E-state index contributed by atoms with van der Waals surface area (Å²) >= 11 is 0. The van der Waals surface area contributed by atoms with Gasteiger partial charge in [0.15, 0.2) is 0 Å². The van der Waals surface area contributed by atoms with Crippen molar-refractivity contribution < 1.29 is 4.79 Å². The van der Waals surface area contributed by atoms with Gasteiger partial charge >= 0.3 is 0 Å². The highest BCUT2D eigenvalue weighted by molar-refractivity contribution is 5.85. The van der Waals surface area contributed by atoms with Crippen LogP contribution >= 0.6 is 0 Å². The summed E-state index contributed by atoms with van der Waals surface area (Å²) in [4.78, 5) is 16.4. The van der Waals surface area contributed by atoms with Crippen LogP contribution in [0, 0.1) is 0 Å². The van der Waals surface area contributed by atoms with Crippen molar-refractivity contribution in [3.8, 4) is 0 Å². The Morgan fingerprint density at radius 3 is 2.50 bits per heavy atom. The number of hydrogen-bond acceptors (Lipinski definition) is 3. The smallest absolute Gasteiger partial charge is 0.149 e. The van der Waals surface area contributed by atoms with Crippen LogP contribution in [-0.2, 0) is 4.79 Å². The molecule has 1 heterocycles. The SMILES string of the molecule is CCN1CCN(C2CCCC2=O)CC1. The van der Waals surface area contributed by atoms with Gasteiger partial charge in [-0.05, 0) is 19.4 Å². The summed E-state index contributed by atoms with van der Waals surface area (Å²) in [5, 5.41) is 0. The Morgan fingerprint density at radius 2 is 2.00 bits per heavy atom. The van der Waals surface area contributed by atoms with Crippen LogP contribution in [0.2, 0.25) is 0 Å². The fraction of sp³-hybridized carbons (Fsp3) is 0.909. The molecule has 3 nitrogen and oxygen atoms in total. The van der Waals surface area contributed by atoms with Crippen LogP contribution in [0.4, 0.5) is 0 Å². The Bertz CT molecular complexity index is 209. The number of rotatable bonds is 2. The molecule has 0 aromatic rings. The topological polar surface area (TPSA) is 23.6 Å². The third-order valence-corrected chi connectivity index (χ3v) is 3.57. The number of Topliss-reactive ketones (excluding diaryl/α,β-unsaturated/α-hetero) is 1. The molecule has 1 atom stereocenters. The standard InChI is InChI=1S/C11H20N2O/c1-2-12-6-8-13(9-7-12)10-4-3-5-11(10)14/h10H,2-9H2,1H3. The molecular formula is C11H20N2O. The summed E-state index contributed by atoms with van der Waals surface area (Å²) in [5.74, 6) is 0.481. The zero-order valence-electron chi connectivity index (χ0n) is 9.04. The lowest BCUT2D eigenvalue weighted by molar-refractivity contribution is -0.122. The van der Waals surface area contributed by atoms with Crippen molar-refractivity contribution in [1.29, 1.82) is 0 Å². The van der Waals surface area contributed by atoms with Gasteiger partial charge in [0.1, 0.15) is 5.78 Å². The first kappa shape index (κ1) is 10.1. The van der Waals surface area contributed by atoms with Gasteiger partial charge in [0.2, 0.25) is 0 Å². The van der Waals surface area contributed by atoms with Gasteiger partial charge in [-0.1, -0.05) is 6.92 Å². The molecular weight excluding hydrogens is 176 g/mol. The molecule has 14 heavy (non-hydrogen) atoms. The van der Waals surface area contributed by atoms with E-state index in [9.17, 15) is 4.79 Å². The van der Waals surface area contributed by atoms with E-state index >= 15 is 0 Å². The van der Waals surface area contributed by atoms with Crippen molar-refractivity contribution in [2.45, 2.75) is 32.2 Å². The molecule has 2 fully saturated rings. The van der Waals surface area contributed by atoms with Crippen LogP contribution in [0.25, 0.3) is 0 Å². The fourth-order valence-corrected chi connectivity index (χ4v) is 2.57. The molecule has 2 aliphatic rings. The van der Waals surface area contributed by atoms with E-state index in [4.69, 9.17) is 0 Å². The Hall–Kier alpha value is -0.410. The predicted octanol–water partition coefficient (Wildman–Crippen LogP) is 0.745. The van der Waals surface area contributed by atoms with Gasteiger partial charge in [0.05, 0.1) is 6.04 Å². The number of carbonyl (C=O) groups is 1. The second-order valence-corrected chi connectivity index (χ2v) is 4.34. The number of nitrogens with zero attached hydrogens (tertiary/aromatic N) is 2. The highest BCUT2D eigenvalue weighted by Gasteiger charge is 2.31.